The molecule has 38 valence electrons. The highest BCUT2D eigenvalue weighted by atomic mass is 32.1. The minimum Gasteiger partial charge on any atom is -0.382 e. The Morgan fingerprint density at radius 1 is 1.50 bits per heavy atom. The van der Waals surface area contributed by atoms with Crippen LogP contribution in [0.3, 0.4) is 0 Å². The predicted molar refractivity (Wildman–Crippen MR) is 26.8 cm³/mol. The molecule has 0 aliphatic rings. The number of methoxy groups -OCH3 is 1. The molecule has 0 aromatic heterocycles. The Morgan fingerprint density at radius 3 is 2.33 bits per heavy atom. The van der Waals surface area contributed by atoms with Gasteiger partial charge in [0, 0.05) is 7.11 Å². The third kappa shape index (κ3) is 4.27. The van der Waals surface area contributed by atoms with Crippen LogP contribution in [0.2, 0.25) is 0 Å². The molecule has 0 radical (unpaired) electrons. The van der Waals surface area contributed by atoms with Crippen molar-refractivity contribution < 1.29 is 8.92 Å². The molecule has 0 N–H and O–H groups in total. The molecule has 0 spiro atoms. The fraction of sp³-hybridized carbons (Fsp3) is 1.00. The standard InChI is InChI=1S/C3H8O2S/c1-4-2-3-5-6/h6H,2-3H2,1H3. The Labute approximate surface area is 43.1 Å². The quantitative estimate of drug-likeness (QED) is 0.322. The van der Waals surface area contributed by atoms with E-state index in [2.05, 4.69) is 21.8 Å². The maximum atomic E-state index is 4.61. The van der Waals surface area contributed by atoms with Crippen molar-refractivity contribution in [2.75, 3.05) is 20.3 Å². The molecule has 0 amide bonds. The minimum absolute atomic E-state index is 0.555. The van der Waals surface area contributed by atoms with Crippen molar-refractivity contribution in [1.29, 1.82) is 0 Å². The lowest BCUT2D eigenvalue weighted by Crippen LogP contribution is -1.93. The van der Waals surface area contributed by atoms with Gasteiger partial charge < -0.3 is 8.92 Å². The second-order valence-corrected chi connectivity index (χ2v) is 1.08. The van der Waals surface area contributed by atoms with E-state index in [-0.39, 0.29) is 0 Å². The number of ether oxygens (including phenoxy) is 1. The Bertz CT molecular complexity index is 20.8. The van der Waals surface area contributed by atoms with Gasteiger partial charge >= 0.3 is 0 Å². The molecule has 0 fully saturated rings. The first-order valence-corrected chi connectivity index (χ1v) is 2.03. The Kier molecular flexibility index (Phi) is 5.51. The molecule has 0 heterocycles. The maximum absolute atomic E-state index is 4.61. The van der Waals surface area contributed by atoms with Crippen LogP contribution in [0.5, 0.6) is 0 Å². The van der Waals surface area contributed by atoms with E-state index in [9.17, 15) is 0 Å². The van der Waals surface area contributed by atoms with Crippen molar-refractivity contribution in [3.63, 3.8) is 0 Å². The van der Waals surface area contributed by atoms with Crippen molar-refractivity contribution in [3.05, 3.63) is 0 Å². The highest BCUT2D eigenvalue weighted by molar-refractivity contribution is 7.75. The van der Waals surface area contributed by atoms with Gasteiger partial charge in [-0.2, -0.15) is 0 Å². The summed E-state index contributed by atoms with van der Waals surface area (Å²) in [7, 11) is 1.62. The lowest BCUT2D eigenvalue weighted by Gasteiger charge is -1.90. The number of hydrogen-bond acceptors (Lipinski definition) is 3. The highest BCUT2D eigenvalue weighted by Crippen LogP contribution is 1.75. The molecule has 0 unspecified atom stereocenters. The fourth-order valence-corrected chi connectivity index (χ4v) is 0.195. The van der Waals surface area contributed by atoms with E-state index in [1.54, 1.807) is 7.11 Å². The normalized spacial score (nSPS) is 9.00. The van der Waals surface area contributed by atoms with E-state index >= 15 is 0 Å². The third-order valence-electron chi connectivity index (χ3n) is 0.379. The van der Waals surface area contributed by atoms with Crippen molar-refractivity contribution >= 4 is 12.9 Å². The van der Waals surface area contributed by atoms with Crippen molar-refractivity contribution in [2.24, 2.45) is 0 Å². The molecular weight excluding hydrogens is 100 g/mol. The van der Waals surface area contributed by atoms with Crippen LogP contribution in [-0.2, 0) is 8.92 Å². The summed E-state index contributed by atoms with van der Waals surface area (Å²) in [4.78, 5) is 0. The summed E-state index contributed by atoms with van der Waals surface area (Å²) in [6, 6.07) is 0. The van der Waals surface area contributed by atoms with Crippen LogP contribution in [0.15, 0.2) is 0 Å². The van der Waals surface area contributed by atoms with E-state index in [0.717, 1.165) is 0 Å². The zero-order valence-electron chi connectivity index (χ0n) is 3.68. The molecule has 6 heavy (non-hydrogen) atoms. The average molecular weight is 108 g/mol. The van der Waals surface area contributed by atoms with Gasteiger partial charge in [-0.25, -0.2) is 0 Å². The van der Waals surface area contributed by atoms with Gasteiger partial charge in [-0.1, -0.05) is 0 Å². The largest absolute Gasteiger partial charge is 0.382 e. The summed E-state index contributed by atoms with van der Waals surface area (Å²) >= 11 is 3.47. The van der Waals surface area contributed by atoms with E-state index in [0.29, 0.717) is 13.2 Å². The van der Waals surface area contributed by atoms with Crippen LogP contribution >= 0.6 is 12.9 Å². The maximum Gasteiger partial charge on any atom is 0.0844 e. The smallest absolute Gasteiger partial charge is 0.0844 e. The summed E-state index contributed by atoms with van der Waals surface area (Å²) in [5, 5.41) is 0. The van der Waals surface area contributed by atoms with Crippen LogP contribution < -0.4 is 0 Å². The average Bonchev–Trinajstić information content (AvgIpc) is 1.61. The van der Waals surface area contributed by atoms with Crippen molar-refractivity contribution in [1.82, 2.24) is 0 Å². The van der Waals surface area contributed by atoms with Crippen LogP contribution in [0, 0.1) is 0 Å². The summed E-state index contributed by atoms with van der Waals surface area (Å²) in [5.74, 6) is 0. The first-order valence-electron chi connectivity index (χ1n) is 1.67. The first-order chi connectivity index (χ1) is 2.91. The van der Waals surface area contributed by atoms with Crippen LogP contribution in [0.25, 0.3) is 0 Å². The number of thiol groups is 1. The lowest BCUT2D eigenvalue weighted by molar-refractivity contribution is 0.158. The summed E-state index contributed by atoms with van der Waals surface area (Å²) in [5.41, 5.74) is 0. The molecule has 0 rings (SSSR count). The van der Waals surface area contributed by atoms with Crippen LogP contribution in [0.4, 0.5) is 0 Å². The van der Waals surface area contributed by atoms with Crippen LogP contribution in [-0.4, -0.2) is 20.3 Å². The first kappa shape index (κ1) is 6.27. The van der Waals surface area contributed by atoms with Crippen molar-refractivity contribution in [2.45, 2.75) is 0 Å². The Morgan fingerprint density at radius 2 is 2.17 bits per heavy atom. The molecule has 0 aromatic rings. The van der Waals surface area contributed by atoms with Crippen LogP contribution in [0.1, 0.15) is 0 Å². The van der Waals surface area contributed by atoms with Gasteiger partial charge in [-0.05, 0) is 12.9 Å². The second kappa shape index (κ2) is 5.27. The number of hydrogen-bond donors (Lipinski definition) is 1. The molecule has 0 saturated carbocycles. The molecule has 0 bridgehead atoms. The number of rotatable bonds is 3. The van der Waals surface area contributed by atoms with Gasteiger partial charge in [0.05, 0.1) is 13.2 Å². The van der Waals surface area contributed by atoms with Gasteiger partial charge in [-0.15, -0.1) is 0 Å². The monoisotopic (exact) mass is 108 g/mol. The molecule has 0 aliphatic carbocycles. The minimum atomic E-state index is 0.555. The predicted octanol–water partition coefficient (Wildman–Crippen LogP) is 0.494. The Hall–Kier alpha value is 0.270. The molecule has 0 saturated heterocycles. The Balaban J connectivity index is 2.34. The molecule has 2 nitrogen and oxygen atoms in total. The molecule has 0 aromatic carbocycles. The van der Waals surface area contributed by atoms with Gasteiger partial charge in [-0.3, -0.25) is 0 Å². The van der Waals surface area contributed by atoms with Gasteiger partial charge in [0.25, 0.3) is 0 Å². The summed E-state index contributed by atoms with van der Waals surface area (Å²) in [6.07, 6.45) is 0. The third-order valence-corrected chi connectivity index (χ3v) is 0.561. The second-order valence-electron chi connectivity index (χ2n) is 0.826. The summed E-state index contributed by atoms with van der Waals surface area (Å²) < 4.78 is 8.96. The fourth-order valence-electron chi connectivity index (χ4n) is 0.121. The van der Waals surface area contributed by atoms with Gasteiger partial charge in [0.2, 0.25) is 0 Å². The van der Waals surface area contributed by atoms with E-state index in [1.807, 2.05) is 0 Å². The van der Waals surface area contributed by atoms with E-state index in [1.165, 1.54) is 0 Å². The highest BCUT2D eigenvalue weighted by Gasteiger charge is 1.74. The lowest BCUT2D eigenvalue weighted by atomic mass is 10.8. The molecule has 0 atom stereocenters. The SMILES string of the molecule is COCCOS. The van der Waals surface area contributed by atoms with Gasteiger partial charge in [0.1, 0.15) is 0 Å². The van der Waals surface area contributed by atoms with E-state index < -0.39 is 0 Å². The van der Waals surface area contributed by atoms with Gasteiger partial charge in [0.15, 0.2) is 0 Å². The molecule has 0 aliphatic heterocycles. The van der Waals surface area contributed by atoms with Crippen molar-refractivity contribution in [3.8, 4) is 0 Å². The zero-order chi connectivity index (χ0) is 4.83. The zero-order valence-corrected chi connectivity index (χ0v) is 4.57. The topological polar surface area (TPSA) is 18.5 Å². The van der Waals surface area contributed by atoms with E-state index in [4.69, 9.17) is 0 Å². The molecular formula is C3H8O2S. The summed E-state index contributed by atoms with van der Waals surface area (Å²) in [6.45, 7) is 1.17. The molecule has 3 heteroatoms.